The highest BCUT2D eigenvalue weighted by Crippen LogP contribution is 2.26. The van der Waals surface area contributed by atoms with Crippen LogP contribution in [0.2, 0.25) is 0 Å². The van der Waals surface area contributed by atoms with Gasteiger partial charge >= 0.3 is 0 Å². The van der Waals surface area contributed by atoms with Gasteiger partial charge in [-0.1, -0.05) is 17.3 Å². The molecule has 0 spiro atoms. The summed E-state index contributed by atoms with van der Waals surface area (Å²) in [4.78, 5) is 15.4. The highest BCUT2D eigenvalue weighted by molar-refractivity contribution is 7.12. The lowest BCUT2D eigenvalue weighted by molar-refractivity contribution is 0.111. The third-order valence-electron chi connectivity index (χ3n) is 3.19. The Morgan fingerprint density at radius 1 is 1.25 bits per heavy atom. The number of thiazole rings is 1. The molecule has 2 aromatic heterocycles. The molecule has 3 aromatic rings. The molecule has 3 rings (SSSR count). The van der Waals surface area contributed by atoms with Crippen LogP contribution in [-0.4, -0.2) is 26.3 Å². The van der Waals surface area contributed by atoms with Crippen molar-refractivity contribution in [3.8, 4) is 16.4 Å². The lowest BCUT2D eigenvalue weighted by Gasteiger charge is -2.06. The molecule has 6 heteroatoms. The number of carbonyl (C=O) groups is 1. The predicted octanol–water partition coefficient (Wildman–Crippen LogP) is 2.82. The fourth-order valence-electron chi connectivity index (χ4n) is 1.99. The zero-order chi connectivity index (χ0) is 14.1. The maximum atomic E-state index is 11.2. The van der Waals surface area contributed by atoms with E-state index in [1.54, 1.807) is 10.9 Å². The molecule has 0 aliphatic rings. The number of hydrogen-bond donors (Lipinski definition) is 0. The molecule has 0 bridgehead atoms. The van der Waals surface area contributed by atoms with Gasteiger partial charge in [-0.15, -0.1) is 16.4 Å². The molecule has 0 atom stereocenters. The van der Waals surface area contributed by atoms with Gasteiger partial charge < -0.3 is 0 Å². The van der Waals surface area contributed by atoms with Gasteiger partial charge in [0.25, 0.3) is 0 Å². The molecule has 5 nitrogen and oxygen atoms in total. The summed E-state index contributed by atoms with van der Waals surface area (Å²) in [6, 6.07) is 6.03. The summed E-state index contributed by atoms with van der Waals surface area (Å²) in [5.74, 6) is 0. The van der Waals surface area contributed by atoms with E-state index in [9.17, 15) is 4.79 Å². The van der Waals surface area contributed by atoms with E-state index in [0.717, 1.165) is 17.4 Å². The van der Waals surface area contributed by atoms with Crippen molar-refractivity contribution >= 4 is 17.6 Å². The second kappa shape index (κ2) is 4.97. The van der Waals surface area contributed by atoms with Crippen molar-refractivity contribution in [1.82, 2.24) is 20.0 Å². The number of aldehydes is 1. The molecule has 0 amide bonds. The maximum absolute atomic E-state index is 11.2. The average Bonchev–Trinajstić information content (AvgIpc) is 3.09. The first-order chi connectivity index (χ1) is 9.70. The van der Waals surface area contributed by atoms with E-state index >= 15 is 0 Å². The van der Waals surface area contributed by atoms with Crippen LogP contribution in [0.1, 0.15) is 21.6 Å². The molecule has 1 aromatic carbocycles. The second-order valence-corrected chi connectivity index (χ2v) is 5.34. The van der Waals surface area contributed by atoms with Crippen molar-refractivity contribution in [2.45, 2.75) is 13.8 Å². The molecule has 100 valence electrons. The van der Waals surface area contributed by atoms with Gasteiger partial charge in [0.1, 0.15) is 5.69 Å². The number of benzene rings is 1. The second-order valence-electron chi connectivity index (χ2n) is 4.47. The van der Waals surface area contributed by atoms with Crippen molar-refractivity contribution in [3.05, 3.63) is 46.6 Å². The molecule has 0 unspecified atom stereocenters. The van der Waals surface area contributed by atoms with E-state index in [1.165, 1.54) is 16.9 Å². The zero-order valence-electron chi connectivity index (χ0n) is 11.1. The van der Waals surface area contributed by atoms with Gasteiger partial charge in [0.15, 0.2) is 12.0 Å². The van der Waals surface area contributed by atoms with Crippen LogP contribution in [0.15, 0.2) is 29.8 Å². The first kappa shape index (κ1) is 12.7. The van der Waals surface area contributed by atoms with E-state index < -0.39 is 0 Å². The molecular weight excluding hydrogens is 272 g/mol. The lowest BCUT2D eigenvalue weighted by Crippen LogP contribution is -1.99. The minimum absolute atomic E-state index is 0.323. The maximum Gasteiger partial charge on any atom is 0.212 e. The largest absolute Gasteiger partial charge is 0.296 e. The van der Waals surface area contributed by atoms with Crippen molar-refractivity contribution in [2.24, 2.45) is 0 Å². The number of aromatic nitrogens is 4. The van der Waals surface area contributed by atoms with E-state index in [1.807, 2.05) is 30.5 Å². The SMILES string of the molecule is Cc1ccc(-c2c(C=O)nnn2-c2nccs2)cc1C. The monoisotopic (exact) mass is 284 g/mol. The lowest BCUT2D eigenvalue weighted by atomic mass is 10.0. The Balaban J connectivity index is 2.23. The van der Waals surface area contributed by atoms with Gasteiger partial charge in [0.2, 0.25) is 5.13 Å². The molecule has 0 saturated carbocycles. The van der Waals surface area contributed by atoms with Gasteiger partial charge in [0.05, 0.1) is 0 Å². The van der Waals surface area contributed by atoms with Crippen LogP contribution < -0.4 is 0 Å². The van der Waals surface area contributed by atoms with Crippen LogP contribution in [0.25, 0.3) is 16.4 Å². The highest BCUT2D eigenvalue weighted by Gasteiger charge is 2.17. The Kier molecular flexibility index (Phi) is 3.15. The summed E-state index contributed by atoms with van der Waals surface area (Å²) in [6.45, 7) is 4.09. The third-order valence-corrected chi connectivity index (χ3v) is 3.94. The van der Waals surface area contributed by atoms with Gasteiger partial charge in [0, 0.05) is 17.1 Å². The average molecular weight is 284 g/mol. The third kappa shape index (κ3) is 2.04. The smallest absolute Gasteiger partial charge is 0.212 e. The zero-order valence-corrected chi connectivity index (χ0v) is 11.9. The van der Waals surface area contributed by atoms with Crippen LogP contribution in [0.4, 0.5) is 0 Å². The van der Waals surface area contributed by atoms with Crippen molar-refractivity contribution in [2.75, 3.05) is 0 Å². The number of carbonyl (C=O) groups excluding carboxylic acids is 1. The molecule has 0 aliphatic heterocycles. The Bertz CT molecular complexity index is 762. The molecule has 0 radical (unpaired) electrons. The number of rotatable bonds is 3. The van der Waals surface area contributed by atoms with Crippen molar-refractivity contribution in [1.29, 1.82) is 0 Å². The van der Waals surface area contributed by atoms with Gasteiger partial charge in [-0.2, -0.15) is 4.68 Å². The normalized spacial score (nSPS) is 10.7. The summed E-state index contributed by atoms with van der Waals surface area (Å²) in [6.07, 6.45) is 2.42. The van der Waals surface area contributed by atoms with Crippen LogP contribution >= 0.6 is 11.3 Å². The first-order valence-electron chi connectivity index (χ1n) is 6.09. The summed E-state index contributed by atoms with van der Waals surface area (Å²) in [5.41, 5.74) is 4.28. The minimum atomic E-state index is 0.323. The van der Waals surface area contributed by atoms with Gasteiger partial charge in [-0.25, -0.2) is 4.98 Å². The van der Waals surface area contributed by atoms with Crippen molar-refractivity contribution in [3.63, 3.8) is 0 Å². The number of nitrogens with zero attached hydrogens (tertiary/aromatic N) is 4. The fraction of sp³-hybridized carbons (Fsp3) is 0.143. The Morgan fingerprint density at radius 2 is 2.10 bits per heavy atom. The van der Waals surface area contributed by atoms with E-state index in [2.05, 4.69) is 22.2 Å². The van der Waals surface area contributed by atoms with Crippen LogP contribution in [-0.2, 0) is 0 Å². The molecule has 0 N–H and O–H groups in total. The molecular formula is C14H12N4OS. The molecule has 2 heterocycles. The van der Waals surface area contributed by atoms with Crippen LogP contribution in [0.5, 0.6) is 0 Å². The van der Waals surface area contributed by atoms with Crippen LogP contribution in [0.3, 0.4) is 0 Å². The quantitative estimate of drug-likeness (QED) is 0.694. The molecule has 20 heavy (non-hydrogen) atoms. The van der Waals surface area contributed by atoms with E-state index in [0.29, 0.717) is 16.5 Å². The Morgan fingerprint density at radius 3 is 2.75 bits per heavy atom. The van der Waals surface area contributed by atoms with Crippen LogP contribution in [0, 0.1) is 13.8 Å². The molecule has 0 aliphatic carbocycles. The Hall–Kier alpha value is -2.34. The van der Waals surface area contributed by atoms with Crippen molar-refractivity contribution < 1.29 is 4.79 Å². The summed E-state index contributed by atoms with van der Waals surface area (Å²) < 4.78 is 1.61. The standard InChI is InChI=1S/C14H12N4OS/c1-9-3-4-11(7-10(9)2)13-12(8-19)16-17-18(13)14-15-5-6-20-14/h3-8H,1-2H3. The predicted molar refractivity (Wildman–Crippen MR) is 77.3 cm³/mol. The summed E-state index contributed by atoms with van der Waals surface area (Å²) >= 11 is 1.45. The molecule has 0 fully saturated rings. The summed E-state index contributed by atoms with van der Waals surface area (Å²) in [5, 5.41) is 10.5. The highest BCUT2D eigenvalue weighted by atomic mass is 32.1. The number of hydrogen-bond acceptors (Lipinski definition) is 5. The van der Waals surface area contributed by atoms with Gasteiger partial charge in [-0.3, -0.25) is 4.79 Å². The summed E-state index contributed by atoms with van der Waals surface area (Å²) in [7, 11) is 0. The number of aryl methyl sites for hydroxylation is 2. The van der Waals surface area contributed by atoms with E-state index in [4.69, 9.17) is 0 Å². The van der Waals surface area contributed by atoms with E-state index in [-0.39, 0.29) is 0 Å². The Labute approximate surface area is 119 Å². The first-order valence-corrected chi connectivity index (χ1v) is 6.97. The van der Waals surface area contributed by atoms with Gasteiger partial charge in [-0.05, 0) is 31.0 Å². The minimum Gasteiger partial charge on any atom is -0.296 e. The molecule has 0 saturated heterocycles. The fourth-order valence-corrected chi connectivity index (χ4v) is 2.58. The topological polar surface area (TPSA) is 60.7 Å².